The molecular formula is C33H44N2O11. The van der Waals surface area contributed by atoms with Crippen LogP contribution in [-0.4, -0.2) is 99.9 Å². The van der Waals surface area contributed by atoms with E-state index in [1.54, 1.807) is 30.4 Å². The van der Waals surface area contributed by atoms with E-state index < -0.39 is 73.5 Å². The number of esters is 1. The molecule has 252 valence electrons. The molecule has 6 N–H and O–H groups in total. The van der Waals surface area contributed by atoms with Crippen LogP contribution in [0.1, 0.15) is 61.9 Å². The number of carbonyl (C=O) groups is 3. The van der Waals surface area contributed by atoms with Gasteiger partial charge in [-0.15, -0.1) is 0 Å². The Morgan fingerprint density at radius 2 is 1.85 bits per heavy atom. The van der Waals surface area contributed by atoms with E-state index in [2.05, 4.69) is 10.6 Å². The Balaban J connectivity index is 1.53. The van der Waals surface area contributed by atoms with Gasteiger partial charge in [0, 0.05) is 44.9 Å². The largest absolute Gasteiger partial charge is 0.507 e. The Morgan fingerprint density at radius 3 is 2.59 bits per heavy atom. The van der Waals surface area contributed by atoms with E-state index in [9.17, 15) is 34.8 Å². The number of phenolic OH excluding ortho intramolecular Hbond substituents is 1. The van der Waals surface area contributed by atoms with Crippen LogP contribution in [0.25, 0.3) is 0 Å². The van der Waals surface area contributed by atoms with Crippen LogP contribution in [0, 0.1) is 0 Å². The van der Waals surface area contributed by atoms with Gasteiger partial charge in [0.1, 0.15) is 41.8 Å². The molecule has 46 heavy (non-hydrogen) atoms. The summed E-state index contributed by atoms with van der Waals surface area (Å²) in [6, 6.07) is 3.66. The Kier molecular flexibility index (Phi) is 12.9. The highest BCUT2D eigenvalue weighted by atomic mass is 16.7. The van der Waals surface area contributed by atoms with E-state index in [0.29, 0.717) is 18.4 Å². The first-order valence-corrected chi connectivity index (χ1v) is 15.6. The van der Waals surface area contributed by atoms with Crippen LogP contribution in [0.2, 0.25) is 0 Å². The molecule has 13 heteroatoms. The lowest BCUT2D eigenvalue weighted by Crippen LogP contribution is -2.65. The fourth-order valence-electron chi connectivity index (χ4n) is 5.94. The predicted octanol–water partition coefficient (Wildman–Crippen LogP) is 1.28. The van der Waals surface area contributed by atoms with Gasteiger partial charge in [-0.2, -0.15) is 0 Å². The second-order valence-corrected chi connectivity index (χ2v) is 11.7. The minimum atomic E-state index is -1.45. The zero-order chi connectivity index (χ0) is 33.2. The summed E-state index contributed by atoms with van der Waals surface area (Å²) >= 11 is 0. The van der Waals surface area contributed by atoms with Gasteiger partial charge in [-0.05, 0) is 24.5 Å². The van der Waals surface area contributed by atoms with Crippen LogP contribution < -0.4 is 10.6 Å². The second kappa shape index (κ2) is 16.8. The molecule has 3 aliphatic heterocycles. The fourth-order valence-corrected chi connectivity index (χ4v) is 5.94. The molecular weight excluding hydrogens is 600 g/mol. The topological polar surface area (TPSA) is 193 Å². The van der Waals surface area contributed by atoms with Crippen molar-refractivity contribution in [2.75, 3.05) is 6.61 Å². The first kappa shape index (κ1) is 35.3. The van der Waals surface area contributed by atoms with Crippen LogP contribution in [0.5, 0.6) is 5.75 Å². The number of phenols is 1. The summed E-state index contributed by atoms with van der Waals surface area (Å²) in [5.74, 6) is -1.66. The molecule has 2 bridgehead atoms. The molecule has 0 radical (unpaired) electrons. The fraction of sp³-hybridized carbons (Fsp3) is 0.545. The lowest BCUT2D eigenvalue weighted by atomic mass is 9.90. The minimum absolute atomic E-state index is 0.0457. The Bertz CT molecular complexity index is 1300. The van der Waals surface area contributed by atoms with E-state index in [4.69, 9.17) is 18.9 Å². The second-order valence-electron chi connectivity index (χ2n) is 11.7. The van der Waals surface area contributed by atoms with Gasteiger partial charge in [0.15, 0.2) is 6.29 Å². The van der Waals surface area contributed by atoms with E-state index >= 15 is 0 Å². The van der Waals surface area contributed by atoms with Crippen molar-refractivity contribution in [1.82, 2.24) is 10.6 Å². The van der Waals surface area contributed by atoms with Crippen LogP contribution in [0.4, 0.5) is 0 Å². The third-order valence-electron chi connectivity index (χ3n) is 8.07. The van der Waals surface area contributed by atoms with Gasteiger partial charge in [-0.3, -0.25) is 9.59 Å². The Morgan fingerprint density at radius 1 is 1.07 bits per heavy atom. The van der Waals surface area contributed by atoms with E-state index in [1.807, 2.05) is 13.0 Å². The molecule has 4 rings (SSSR count). The summed E-state index contributed by atoms with van der Waals surface area (Å²) < 4.78 is 24.4. The van der Waals surface area contributed by atoms with E-state index in [0.717, 1.165) is 6.42 Å². The molecule has 0 spiro atoms. The molecule has 3 heterocycles. The van der Waals surface area contributed by atoms with Crippen LogP contribution in [-0.2, 0) is 35.0 Å². The number of hydrogen-bond acceptors (Lipinski definition) is 11. The molecule has 0 aliphatic carbocycles. The normalized spacial score (nSPS) is 31.8. The van der Waals surface area contributed by atoms with Crippen LogP contribution >= 0.6 is 0 Å². The van der Waals surface area contributed by atoms with E-state index in [1.165, 1.54) is 25.3 Å². The Labute approximate surface area is 267 Å². The number of allylic oxidation sites excluding steroid dienone is 3. The first-order chi connectivity index (χ1) is 22.1. The number of benzene rings is 1. The number of aliphatic hydroxyl groups excluding tert-OH is 3. The number of nitrogens with one attached hydrogen (secondary N) is 2. The summed E-state index contributed by atoms with van der Waals surface area (Å²) in [7, 11) is 0. The number of aliphatic hydroxyl groups is 3. The average molecular weight is 645 g/mol. The highest BCUT2D eigenvalue weighted by molar-refractivity contribution is 5.94. The van der Waals surface area contributed by atoms with Gasteiger partial charge in [0.2, 0.25) is 11.8 Å². The van der Waals surface area contributed by atoms with E-state index in [-0.39, 0.29) is 36.5 Å². The zero-order valence-electron chi connectivity index (χ0n) is 26.0. The van der Waals surface area contributed by atoms with Crippen molar-refractivity contribution in [3.8, 4) is 5.75 Å². The monoisotopic (exact) mass is 644 g/mol. The highest BCUT2D eigenvalue weighted by Crippen LogP contribution is 2.34. The lowest BCUT2D eigenvalue weighted by molar-refractivity contribution is -0.291. The lowest BCUT2D eigenvalue weighted by Gasteiger charge is -2.45. The molecule has 2 fully saturated rings. The molecule has 1 aromatic rings. The maximum Gasteiger partial charge on any atom is 0.342 e. The van der Waals surface area contributed by atoms with Crippen molar-refractivity contribution in [3.05, 3.63) is 65.9 Å². The maximum absolute atomic E-state index is 13.3. The molecule has 13 nitrogen and oxygen atoms in total. The SMILES string of the molecule is CCC=CC=CC(=O)NC=CCC1CC2CC(OC3OC(CO)C(O)C(O)C3NC(C)=O)CC(Cc3cccc(O)c3C(=O)O1)O2. The molecule has 2 amide bonds. The van der Waals surface area contributed by atoms with Crippen molar-refractivity contribution in [3.63, 3.8) is 0 Å². The molecule has 0 saturated carbocycles. The van der Waals surface area contributed by atoms with Crippen molar-refractivity contribution in [2.24, 2.45) is 0 Å². The Hall–Kier alpha value is -3.59. The summed E-state index contributed by atoms with van der Waals surface area (Å²) in [5, 5.41) is 46.7. The van der Waals surface area contributed by atoms with Gasteiger partial charge in [-0.25, -0.2) is 4.79 Å². The smallest absolute Gasteiger partial charge is 0.342 e. The summed E-state index contributed by atoms with van der Waals surface area (Å²) in [4.78, 5) is 37.3. The number of rotatable bonds is 10. The summed E-state index contributed by atoms with van der Waals surface area (Å²) in [6.45, 7) is 2.69. The number of aromatic hydroxyl groups is 1. The van der Waals surface area contributed by atoms with Crippen LogP contribution in [0.3, 0.4) is 0 Å². The zero-order valence-corrected chi connectivity index (χ0v) is 26.0. The van der Waals surface area contributed by atoms with Gasteiger partial charge in [-0.1, -0.05) is 43.4 Å². The maximum atomic E-state index is 13.3. The predicted molar refractivity (Wildman–Crippen MR) is 164 cm³/mol. The van der Waals surface area contributed by atoms with Gasteiger partial charge < -0.3 is 50.0 Å². The summed E-state index contributed by atoms with van der Waals surface area (Å²) in [5.41, 5.74) is 0.579. The van der Waals surface area contributed by atoms with Gasteiger partial charge in [0.05, 0.1) is 24.9 Å². The van der Waals surface area contributed by atoms with Crippen LogP contribution in [0.15, 0.2) is 54.8 Å². The van der Waals surface area contributed by atoms with Crippen molar-refractivity contribution >= 4 is 17.8 Å². The molecule has 0 aromatic heterocycles. The molecule has 1 aromatic carbocycles. The average Bonchev–Trinajstić information content (AvgIpc) is 3.00. The highest BCUT2D eigenvalue weighted by Gasteiger charge is 2.47. The molecule has 9 unspecified atom stereocenters. The van der Waals surface area contributed by atoms with Crippen molar-refractivity contribution in [1.29, 1.82) is 0 Å². The third-order valence-corrected chi connectivity index (χ3v) is 8.07. The first-order valence-electron chi connectivity index (χ1n) is 15.6. The van der Waals surface area contributed by atoms with Gasteiger partial charge >= 0.3 is 5.97 Å². The standard InChI is InChI=1S/C33H44N2O11/c1-3-4-5-6-12-27(39)34-13-8-10-21-15-23-17-24(45-33-29(35-19(2)37)31(41)30(40)26(18-36)46-33)16-22(43-23)14-20-9-7-11-25(38)28(20)32(42)44-21/h4-9,11-13,21-24,26,29-31,33,36,38,40-41H,3,10,14-18H2,1-2H3,(H,34,39)(H,35,37). The number of amides is 2. The molecule has 2 saturated heterocycles. The quantitative estimate of drug-likeness (QED) is 0.122. The number of hydrogen-bond donors (Lipinski definition) is 6. The molecule has 9 atom stereocenters. The van der Waals surface area contributed by atoms with Crippen molar-refractivity contribution in [2.45, 2.75) is 107 Å². The third kappa shape index (κ3) is 9.47. The number of cyclic esters (lactones) is 1. The number of ether oxygens (including phenoxy) is 4. The number of fused-ring (bicyclic) bond motifs is 3. The molecule has 3 aliphatic rings. The summed E-state index contributed by atoms with van der Waals surface area (Å²) in [6.07, 6.45) is 4.94. The number of carbonyl (C=O) groups excluding carboxylic acids is 3. The van der Waals surface area contributed by atoms with Crippen molar-refractivity contribution < 1.29 is 53.8 Å². The van der Waals surface area contributed by atoms with Gasteiger partial charge in [0.25, 0.3) is 0 Å². The minimum Gasteiger partial charge on any atom is -0.507 e.